The Hall–Kier alpha value is -2.74. The second kappa shape index (κ2) is 10.6. The number of carbonyl (C=O) groups excluding carboxylic acids is 1. The number of hydrogen-bond acceptors (Lipinski definition) is 3. The minimum atomic E-state index is -2.84. The van der Waals surface area contributed by atoms with E-state index in [0.29, 0.717) is 6.42 Å². The van der Waals surface area contributed by atoms with Crippen LogP contribution in [0.2, 0.25) is 5.04 Å². The Labute approximate surface area is 224 Å². The van der Waals surface area contributed by atoms with Crippen LogP contribution in [0, 0.1) is 0 Å². The molecule has 1 aliphatic carbocycles. The van der Waals surface area contributed by atoms with Crippen LogP contribution >= 0.6 is 0 Å². The first-order chi connectivity index (χ1) is 17.4. The maximum Gasteiger partial charge on any atom is 0.327 e. The summed E-state index contributed by atoms with van der Waals surface area (Å²) in [6, 6.07) is 28.4. The molecule has 3 aromatic rings. The number of rotatable bonds is 6. The normalized spacial score (nSPS) is 18.6. The van der Waals surface area contributed by atoms with Crippen molar-refractivity contribution in [3.8, 4) is 0 Å². The van der Waals surface area contributed by atoms with E-state index in [9.17, 15) is 9.00 Å². The number of hydrogen-bond donors (Lipinski definition) is 2. The van der Waals surface area contributed by atoms with Crippen molar-refractivity contribution in [2.75, 3.05) is 0 Å². The van der Waals surface area contributed by atoms with E-state index in [-0.39, 0.29) is 17.2 Å². The number of carbonyl (C=O) groups is 1. The van der Waals surface area contributed by atoms with E-state index in [0.717, 1.165) is 11.1 Å². The Balaban J connectivity index is 1.77. The maximum absolute atomic E-state index is 13.1. The van der Waals surface area contributed by atoms with Gasteiger partial charge in [0, 0.05) is 6.42 Å². The lowest BCUT2D eigenvalue weighted by atomic mass is 10.1. The third kappa shape index (κ3) is 5.59. The van der Waals surface area contributed by atoms with Crippen LogP contribution in [0.15, 0.2) is 84.9 Å². The lowest BCUT2D eigenvalue weighted by Gasteiger charge is -2.45. The van der Waals surface area contributed by atoms with E-state index < -0.39 is 30.1 Å². The molecular formula is C30H38N2O3SSi. The smallest absolute Gasteiger partial charge is 0.327 e. The summed E-state index contributed by atoms with van der Waals surface area (Å²) in [7, 11) is -4.36. The molecule has 0 fully saturated rings. The van der Waals surface area contributed by atoms with Gasteiger partial charge in [-0.15, -0.1) is 0 Å². The van der Waals surface area contributed by atoms with E-state index >= 15 is 0 Å². The quantitative estimate of drug-likeness (QED) is 0.438. The Morgan fingerprint density at radius 3 is 1.86 bits per heavy atom. The molecule has 3 aromatic carbocycles. The highest BCUT2D eigenvalue weighted by molar-refractivity contribution is 7.85. The zero-order chi connectivity index (χ0) is 26.8. The van der Waals surface area contributed by atoms with Gasteiger partial charge in [-0.1, -0.05) is 106 Å². The summed E-state index contributed by atoms with van der Waals surface area (Å²) in [5.74, 6) is 0. The minimum Gasteiger partial charge on any atom is -0.402 e. The van der Waals surface area contributed by atoms with Crippen molar-refractivity contribution >= 4 is 35.7 Å². The SMILES string of the molecule is CC(C)(C)[S@@](=O)NC(=O)N[C@H]1c2ccccc2C[C@H]1O[Si](c1ccccc1)(c1ccccc1)C(C)(C)C. The molecule has 0 spiro atoms. The molecular weight excluding hydrogens is 496 g/mol. The predicted molar refractivity (Wildman–Crippen MR) is 155 cm³/mol. The largest absolute Gasteiger partial charge is 0.402 e. The van der Waals surface area contributed by atoms with Gasteiger partial charge < -0.3 is 9.74 Å². The summed E-state index contributed by atoms with van der Waals surface area (Å²) in [6.45, 7) is 12.3. The van der Waals surface area contributed by atoms with Gasteiger partial charge in [0.15, 0.2) is 0 Å². The Morgan fingerprint density at radius 1 is 0.838 bits per heavy atom. The average Bonchev–Trinajstić information content (AvgIpc) is 3.19. The fourth-order valence-corrected chi connectivity index (χ4v) is 10.4. The van der Waals surface area contributed by atoms with Gasteiger partial charge in [0.1, 0.15) is 11.0 Å². The highest BCUT2D eigenvalue weighted by Gasteiger charge is 2.53. The van der Waals surface area contributed by atoms with Gasteiger partial charge >= 0.3 is 6.03 Å². The molecule has 37 heavy (non-hydrogen) atoms. The molecule has 0 saturated carbocycles. The van der Waals surface area contributed by atoms with Gasteiger partial charge in [0.25, 0.3) is 8.32 Å². The monoisotopic (exact) mass is 534 g/mol. The number of amides is 2. The fourth-order valence-electron chi connectivity index (χ4n) is 5.17. The second-order valence-corrected chi connectivity index (χ2v) is 17.9. The number of urea groups is 1. The lowest BCUT2D eigenvalue weighted by molar-refractivity contribution is 0.155. The van der Waals surface area contributed by atoms with Crippen molar-refractivity contribution in [3.63, 3.8) is 0 Å². The molecule has 4 rings (SSSR count). The molecule has 7 heteroatoms. The molecule has 2 N–H and O–H groups in total. The number of benzene rings is 3. The maximum atomic E-state index is 13.1. The first-order valence-electron chi connectivity index (χ1n) is 12.8. The van der Waals surface area contributed by atoms with Crippen molar-refractivity contribution in [3.05, 3.63) is 96.1 Å². The molecule has 0 bridgehead atoms. The molecule has 2 amide bonds. The van der Waals surface area contributed by atoms with Crippen LogP contribution in [0.3, 0.4) is 0 Å². The highest BCUT2D eigenvalue weighted by atomic mass is 32.2. The second-order valence-electron chi connectivity index (χ2n) is 11.7. The first kappa shape index (κ1) is 27.3. The molecule has 3 atom stereocenters. The molecule has 196 valence electrons. The fraction of sp³-hybridized carbons (Fsp3) is 0.367. The van der Waals surface area contributed by atoms with Gasteiger partial charge in [-0.3, -0.25) is 4.72 Å². The van der Waals surface area contributed by atoms with Crippen LogP contribution in [0.1, 0.15) is 58.7 Å². The standard InChI is InChI=1S/C30H38N2O3SSi/c1-29(2,3)36(34)32-28(33)31-27-25-20-14-13-15-22(25)21-26(27)35-37(30(4,5)6,23-16-9-7-10-17-23)24-18-11-8-12-19-24/h7-20,26-27H,21H2,1-6H3,(H2,31,32,33)/t26-,27+,36-/m1/s1. The van der Waals surface area contributed by atoms with E-state index in [1.807, 2.05) is 45.0 Å². The molecule has 5 nitrogen and oxygen atoms in total. The van der Waals surface area contributed by atoms with Crippen LogP contribution in [-0.4, -0.2) is 29.4 Å². The van der Waals surface area contributed by atoms with E-state index in [4.69, 9.17) is 4.43 Å². The Morgan fingerprint density at radius 2 is 1.35 bits per heavy atom. The summed E-state index contributed by atoms with van der Waals surface area (Å²) in [4.78, 5) is 13.1. The molecule has 0 radical (unpaired) electrons. The zero-order valence-corrected chi connectivity index (χ0v) is 24.4. The van der Waals surface area contributed by atoms with Gasteiger partial charge in [-0.25, -0.2) is 9.00 Å². The molecule has 0 heterocycles. The van der Waals surface area contributed by atoms with Gasteiger partial charge in [0.2, 0.25) is 0 Å². The molecule has 0 saturated heterocycles. The predicted octanol–water partition coefficient (Wildman–Crippen LogP) is 4.99. The highest BCUT2D eigenvalue weighted by Crippen LogP contribution is 2.42. The zero-order valence-electron chi connectivity index (χ0n) is 22.6. The van der Waals surface area contributed by atoms with Crippen molar-refractivity contribution in [2.24, 2.45) is 0 Å². The van der Waals surface area contributed by atoms with Crippen molar-refractivity contribution < 1.29 is 13.4 Å². The van der Waals surface area contributed by atoms with Crippen LogP contribution in [0.25, 0.3) is 0 Å². The number of fused-ring (bicyclic) bond motifs is 1. The molecule has 0 aromatic heterocycles. The van der Waals surface area contributed by atoms with Crippen molar-refractivity contribution in [1.29, 1.82) is 0 Å². The summed E-state index contributed by atoms with van der Waals surface area (Å²) in [5, 5.41) is 5.32. The van der Waals surface area contributed by atoms with Crippen LogP contribution in [0.4, 0.5) is 4.79 Å². The van der Waals surface area contributed by atoms with E-state index in [2.05, 4.69) is 91.5 Å². The Bertz CT molecular complexity index is 1210. The topological polar surface area (TPSA) is 67.4 Å². The average molecular weight is 535 g/mol. The minimum absolute atomic E-state index is 0.189. The number of nitrogens with one attached hydrogen (secondary N) is 2. The molecule has 0 aliphatic heterocycles. The summed E-state index contributed by atoms with van der Waals surface area (Å²) in [6.07, 6.45) is 0.408. The van der Waals surface area contributed by atoms with Crippen molar-refractivity contribution in [1.82, 2.24) is 10.0 Å². The Kier molecular flexibility index (Phi) is 7.79. The van der Waals surface area contributed by atoms with E-state index in [1.54, 1.807) is 0 Å². The van der Waals surface area contributed by atoms with Gasteiger partial charge in [-0.2, -0.15) is 0 Å². The third-order valence-corrected chi connectivity index (χ3v) is 13.5. The molecule has 1 aliphatic rings. The van der Waals surface area contributed by atoms with Crippen LogP contribution in [0.5, 0.6) is 0 Å². The molecule has 0 unspecified atom stereocenters. The van der Waals surface area contributed by atoms with Gasteiger partial charge in [-0.05, 0) is 47.3 Å². The first-order valence-corrected chi connectivity index (χ1v) is 15.8. The summed E-state index contributed by atoms with van der Waals surface area (Å²) >= 11 is 0. The van der Waals surface area contributed by atoms with E-state index in [1.165, 1.54) is 10.4 Å². The van der Waals surface area contributed by atoms with Gasteiger partial charge in [0.05, 0.1) is 16.9 Å². The lowest BCUT2D eigenvalue weighted by Crippen LogP contribution is -2.68. The summed E-state index contributed by atoms with van der Waals surface area (Å²) in [5.41, 5.74) is 2.20. The van der Waals surface area contributed by atoms with Crippen LogP contribution < -0.4 is 20.4 Å². The third-order valence-electron chi connectivity index (χ3n) is 6.96. The van der Waals surface area contributed by atoms with Crippen molar-refractivity contribution in [2.45, 2.75) is 69.9 Å². The van der Waals surface area contributed by atoms with Crippen LogP contribution in [-0.2, 0) is 21.8 Å². The summed E-state index contributed by atoms with van der Waals surface area (Å²) < 4.78 is 22.1.